The fourth-order valence-corrected chi connectivity index (χ4v) is 3.21. The number of phenols is 1. The SMILES string of the molecule is O=C(Cc1ccc(Br)cc1)N/N=C\c1cc(Br)cc(Br)c1O. The van der Waals surface area contributed by atoms with Crippen LogP contribution in [-0.4, -0.2) is 17.2 Å². The molecule has 0 atom stereocenters. The summed E-state index contributed by atoms with van der Waals surface area (Å²) in [5, 5.41) is 13.7. The van der Waals surface area contributed by atoms with Crippen LogP contribution in [0.3, 0.4) is 0 Å². The third kappa shape index (κ3) is 4.93. The Morgan fingerprint density at radius 3 is 2.50 bits per heavy atom. The van der Waals surface area contributed by atoms with Crippen LogP contribution in [0.25, 0.3) is 0 Å². The summed E-state index contributed by atoms with van der Waals surface area (Å²) in [4.78, 5) is 11.8. The second kappa shape index (κ2) is 7.89. The van der Waals surface area contributed by atoms with Crippen molar-refractivity contribution in [2.75, 3.05) is 0 Å². The maximum absolute atomic E-state index is 11.8. The summed E-state index contributed by atoms with van der Waals surface area (Å²) in [6.07, 6.45) is 1.63. The molecule has 0 radical (unpaired) electrons. The summed E-state index contributed by atoms with van der Waals surface area (Å²) < 4.78 is 2.30. The van der Waals surface area contributed by atoms with Gasteiger partial charge in [-0.3, -0.25) is 4.79 Å². The Labute approximate surface area is 153 Å². The van der Waals surface area contributed by atoms with Crippen LogP contribution in [0.15, 0.2) is 54.9 Å². The molecule has 0 unspecified atom stereocenters. The molecule has 22 heavy (non-hydrogen) atoms. The fraction of sp³-hybridized carbons (Fsp3) is 0.0667. The molecule has 0 aliphatic heterocycles. The first kappa shape index (κ1) is 17.2. The zero-order valence-corrected chi connectivity index (χ0v) is 15.9. The van der Waals surface area contributed by atoms with Crippen molar-refractivity contribution in [1.29, 1.82) is 0 Å². The highest BCUT2D eigenvalue weighted by molar-refractivity contribution is 9.11. The molecular formula is C15H11Br3N2O2. The van der Waals surface area contributed by atoms with E-state index in [1.54, 1.807) is 12.1 Å². The lowest BCUT2D eigenvalue weighted by Gasteiger charge is -2.03. The monoisotopic (exact) mass is 488 g/mol. The molecule has 114 valence electrons. The van der Waals surface area contributed by atoms with Crippen LogP contribution in [0.4, 0.5) is 0 Å². The Bertz CT molecular complexity index is 715. The number of phenolic OH excluding ortho intramolecular Hbond substituents is 1. The molecule has 2 N–H and O–H groups in total. The van der Waals surface area contributed by atoms with E-state index in [9.17, 15) is 9.90 Å². The molecule has 7 heteroatoms. The van der Waals surface area contributed by atoms with E-state index in [0.29, 0.717) is 10.0 Å². The number of hydrogen-bond donors (Lipinski definition) is 2. The number of aromatic hydroxyl groups is 1. The van der Waals surface area contributed by atoms with E-state index in [2.05, 4.69) is 58.3 Å². The van der Waals surface area contributed by atoms with Gasteiger partial charge in [-0.25, -0.2) is 5.43 Å². The van der Waals surface area contributed by atoms with Crippen molar-refractivity contribution in [3.8, 4) is 5.75 Å². The number of amides is 1. The molecule has 2 aromatic carbocycles. The number of benzene rings is 2. The number of carbonyl (C=O) groups excluding carboxylic acids is 1. The Balaban J connectivity index is 1.97. The zero-order valence-electron chi connectivity index (χ0n) is 11.2. The van der Waals surface area contributed by atoms with E-state index in [1.165, 1.54) is 6.21 Å². The van der Waals surface area contributed by atoms with Gasteiger partial charge >= 0.3 is 0 Å². The van der Waals surface area contributed by atoms with E-state index in [1.807, 2.05) is 24.3 Å². The first-order valence-corrected chi connectivity index (χ1v) is 8.58. The van der Waals surface area contributed by atoms with Gasteiger partial charge in [-0.05, 0) is 45.8 Å². The molecular weight excluding hydrogens is 480 g/mol. The number of nitrogens with zero attached hydrogens (tertiary/aromatic N) is 1. The predicted molar refractivity (Wildman–Crippen MR) is 97.1 cm³/mol. The van der Waals surface area contributed by atoms with Gasteiger partial charge in [-0.2, -0.15) is 5.10 Å². The van der Waals surface area contributed by atoms with Gasteiger partial charge in [0.05, 0.1) is 17.1 Å². The van der Waals surface area contributed by atoms with Crippen molar-refractivity contribution < 1.29 is 9.90 Å². The topological polar surface area (TPSA) is 61.7 Å². The van der Waals surface area contributed by atoms with Crippen molar-refractivity contribution in [3.05, 3.63) is 60.9 Å². The fourth-order valence-electron chi connectivity index (χ4n) is 1.69. The number of halogens is 3. The normalized spacial score (nSPS) is 10.9. The Hall–Kier alpha value is -1.18. The average molecular weight is 491 g/mol. The maximum Gasteiger partial charge on any atom is 0.244 e. The van der Waals surface area contributed by atoms with E-state index in [0.717, 1.165) is 14.5 Å². The second-order valence-corrected chi connectivity index (χ2v) is 7.11. The van der Waals surface area contributed by atoms with Crippen LogP contribution in [0.2, 0.25) is 0 Å². The number of rotatable bonds is 4. The minimum Gasteiger partial charge on any atom is -0.506 e. The third-order valence-corrected chi connectivity index (χ3v) is 4.32. The van der Waals surface area contributed by atoms with Crippen LogP contribution >= 0.6 is 47.8 Å². The van der Waals surface area contributed by atoms with E-state index < -0.39 is 0 Å². The molecule has 0 saturated heterocycles. The maximum atomic E-state index is 11.8. The van der Waals surface area contributed by atoms with Gasteiger partial charge in [-0.15, -0.1) is 0 Å². The molecule has 0 heterocycles. The summed E-state index contributed by atoms with van der Waals surface area (Å²) in [5.74, 6) is -0.166. The summed E-state index contributed by atoms with van der Waals surface area (Å²) in [6, 6.07) is 10.9. The summed E-state index contributed by atoms with van der Waals surface area (Å²) in [6.45, 7) is 0. The smallest absolute Gasteiger partial charge is 0.244 e. The molecule has 0 bridgehead atoms. The highest BCUT2D eigenvalue weighted by Gasteiger charge is 2.06. The van der Waals surface area contributed by atoms with Crippen LogP contribution in [-0.2, 0) is 11.2 Å². The lowest BCUT2D eigenvalue weighted by atomic mass is 10.1. The molecule has 1 amide bonds. The molecule has 0 aromatic heterocycles. The molecule has 0 fully saturated rings. The largest absolute Gasteiger partial charge is 0.506 e. The van der Waals surface area contributed by atoms with Crippen LogP contribution in [0.5, 0.6) is 5.75 Å². The third-order valence-electron chi connectivity index (χ3n) is 2.73. The van der Waals surface area contributed by atoms with Gasteiger partial charge in [0.15, 0.2) is 0 Å². The van der Waals surface area contributed by atoms with E-state index in [4.69, 9.17) is 0 Å². The molecule has 0 saturated carbocycles. The standard InChI is InChI=1S/C15H11Br3N2O2/c16-11-3-1-9(2-4-11)5-14(21)20-19-8-10-6-12(17)7-13(18)15(10)22/h1-4,6-8,22H,5H2,(H,20,21)/b19-8-. The van der Waals surface area contributed by atoms with Gasteiger partial charge in [0.1, 0.15) is 5.75 Å². The van der Waals surface area contributed by atoms with Gasteiger partial charge < -0.3 is 5.11 Å². The van der Waals surface area contributed by atoms with Crippen LogP contribution in [0, 0.1) is 0 Å². The predicted octanol–water partition coefficient (Wildman–Crippen LogP) is 4.37. The Kier molecular flexibility index (Phi) is 6.16. The zero-order chi connectivity index (χ0) is 16.1. The molecule has 0 spiro atoms. The Morgan fingerprint density at radius 2 is 1.82 bits per heavy atom. The average Bonchev–Trinajstić information content (AvgIpc) is 2.46. The van der Waals surface area contributed by atoms with Gasteiger partial charge in [0.25, 0.3) is 0 Å². The van der Waals surface area contributed by atoms with Gasteiger partial charge in [-0.1, -0.05) is 44.0 Å². The van der Waals surface area contributed by atoms with Crippen molar-refractivity contribution in [2.24, 2.45) is 5.10 Å². The Morgan fingerprint density at radius 1 is 1.14 bits per heavy atom. The van der Waals surface area contributed by atoms with Crippen molar-refractivity contribution in [1.82, 2.24) is 5.43 Å². The van der Waals surface area contributed by atoms with E-state index in [-0.39, 0.29) is 18.1 Å². The minimum absolute atomic E-state index is 0.0640. The lowest BCUT2D eigenvalue weighted by molar-refractivity contribution is -0.120. The number of nitrogens with one attached hydrogen (secondary N) is 1. The first-order valence-electron chi connectivity index (χ1n) is 6.20. The van der Waals surface area contributed by atoms with Crippen molar-refractivity contribution in [2.45, 2.75) is 6.42 Å². The van der Waals surface area contributed by atoms with Gasteiger partial charge in [0.2, 0.25) is 5.91 Å². The van der Waals surface area contributed by atoms with E-state index >= 15 is 0 Å². The van der Waals surface area contributed by atoms with Crippen molar-refractivity contribution in [3.63, 3.8) is 0 Å². The summed E-state index contributed by atoms with van der Waals surface area (Å²) in [5.41, 5.74) is 3.82. The second-order valence-electron chi connectivity index (χ2n) is 4.42. The molecule has 2 rings (SSSR count). The quantitative estimate of drug-likeness (QED) is 0.494. The molecule has 0 aliphatic rings. The highest BCUT2D eigenvalue weighted by atomic mass is 79.9. The molecule has 2 aromatic rings. The summed E-state index contributed by atoms with van der Waals surface area (Å²) >= 11 is 9.90. The van der Waals surface area contributed by atoms with Crippen molar-refractivity contribution >= 4 is 59.9 Å². The number of hydrazone groups is 1. The lowest BCUT2D eigenvalue weighted by Crippen LogP contribution is -2.19. The van der Waals surface area contributed by atoms with Gasteiger partial charge in [0, 0.05) is 14.5 Å². The minimum atomic E-state index is -0.230. The number of hydrogen-bond acceptors (Lipinski definition) is 3. The van der Waals surface area contributed by atoms with Crippen LogP contribution < -0.4 is 5.43 Å². The molecule has 0 aliphatic carbocycles. The first-order chi connectivity index (χ1) is 10.5. The molecule has 4 nitrogen and oxygen atoms in total. The summed E-state index contributed by atoms with van der Waals surface area (Å²) in [7, 11) is 0. The van der Waals surface area contributed by atoms with Crippen LogP contribution in [0.1, 0.15) is 11.1 Å². The highest BCUT2D eigenvalue weighted by Crippen LogP contribution is 2.30. The number of carbonyl (C=O) groups is 1.